The normalized spacial score (nSPS) is 30.9. The SMILES string of the molecule is CN1CCC2(CC1)COCCN2C. The van der Waals surface area contributed by atoms with Gasteiger partial charge in [-0.3, -0.25) is 4.90 Å². The summed E-state index contributed by atoms with van der Waals surface area (Å²) in [7, 11) is 4.45. The Morgan fingerprint density at radius 3 is 2.38 bits per heavy atom. The van der Waals surface area contributed by atoms with E-state index < -0.39 is 0 Å². The number of hydrogen-bond donors (Lipinski definition) is 0. The van der Waals surface area contributed by atoms with Gasteiger partial charge in [-0.2, -0.15) is 0 Å². The van der Waals surface area contributed by atoms with E-state index in [9.17, 15) is 0 Å². The van der Waals surface area contributed by atoms with Gasteiger partial charge in [0.15, 0.2) is 0 Å². The molecular formula is C10H20N2O. The van der Waals surface area contributed by atoms with Gasteiger partial charge in [0.1, 0.15) is 0 Å². The lowest BCUT2D eigenvalue weighted by Crippen LogP contribution is -2.59. The van der Waals surface area contributed by atoms with Crippen LogP contribution < -0.4 is 0 Å². The van der Waals surface area contributed by atoms with Crippen LogP contribution in [0.3, 0.4) is 0 Å². The van der Waals surface area contributed by atoms with Gasteiger partial charge in [-0.1, -0.05) is 0 Å². The van der Waals surface area contributed by atoms with Crippen molar-refractivity contribution in [2.45, 2.75) is 18.4 Å². The standard InChI is InChI=1S/C10H20N2O/c1-11-5-3-10(4-6-11)9-13-8-7-12(10)2/h3-9H2,1-2H3. The molecule has 2 fully saturated rings. The fraction of sp³-hybridized carbons (Fsp3) is 1.00. The van der Waals surface area contributed by atoms with Crippen molar-refractivity contribution in [1.29, 1.82) is 0 Å². The van der Waals surface area contributed by atoms with Gasteiger partial charge in [-0.25, -0.2) is 0 Å². The molecule has 76 valence electrons. The third-order valence-electron chi connectivity index (χ3n) is 3.67. The molecule has 0 saturated carbocycles. The van der Waals surface area contributed by atoms with E-state index in [1.165, 1.54) is 25.9 Å². The number of ether oxygens (including phenoxy) is 1. The summed E-state index contributed by atoms with van der Waals surface area (Å²) in [5.74, 6) is 0. The Morgan fingerprint density at radius 2 is 1.77 bits per heavy atom. The molecule has 0 radical (unpaired) electrons. The predicted octanol–water partition coefficient (Wildman–Crippen LogP) is 0.413. The van der Waals surface area contributed by atoms with Gasteiger partial charge in [-0.05, 0) is 40.0 Å². The van der Waals surface area contributed by atoms with Crippen LogP contribution in [0.25, 0.3) is 0 Å². The van der Waals surface area contributed by atoms with Crippen molar-refractivity contribution in [1.82, 2.24) is 9.80 Å². The molecule has 0 bridgehead atoms. The van der Waals surface area contributed by atoms with Crippen molar-refractivity contribution in [2.24, 2.45) is 0 Å². The van der Waals surface area contributed by atoms with Crippen LogP contribution in [0, 0.1) is 0 Å². The Balaban J connectivity index is 2.01. The van der Waals surface area contributed by atoms with E-state index in [0.717, 1.165) is 19.8 Å². The number of piperidine rings is 1. The maximum Gasteiger partial charge on any atom is 0.0651 e. The third-order valence-corrected chi connectivity index (χ3v) is 3.67. The molecule has 1 spiro atoms. The Bertz CT molecular complexity index is 176. The van der Waals surface area contributed by atoms with Crippen molar-refractivity contribution in [3.05, 3.63) is 0 Å². The van der Waals surface area contributed by atoms with Crippen LogP contribution in [0.4, 0.5) is 0 Å². The van der Waals surface area contributed by atoms with Crippen molar-refractivity contribution < 1.29 is 4.74 Å². The van der Waals surface area contributed by atoms with Gasteiger partial charge in [0.2, 0.25) is 0 Å². The summed E-state index contributed by atoms with van der Waals surface area (Å²) in [6, 6.07) is 0. The number of likely N-dealkylation sites (tertiary alicyclic amines) is 1. The molecule has 2 heterocycles. The van der Waals surface area contributed by atoms with E-state index in [4.69, 9.17) is 4.74 Å². The van der Waals surface area contributed by atoms with Gasteiger partial charge >= 0.3 is 0 Å². The molecule has 2 aliphatic heterocycles. The lowest BCUT2D eigenvalue weighted by atomic mass is 9.86. The number of morpholine rings is 1. The summed E-state index contributed by atoms with van der Waals surface area (Å²) >= 11 is 0. The van der Waals surface area contributed by atoms with Crippen LogP contribution in [0.2, 0.25) is 0 Å². The first-order valence-corrected chi connectivity index (χ1v) is 5.20. The summed E-state index contributed by atoms with van der Waals surface area (Å²) < 4.78 is 5.61. The highest BCUT2D eigenvalue weighted by atomic mass is 16.5. The zero-order valence-corrected chi connectivity index (χ0v) is 8.75. The van der Waals surface area contributed by atoms with Gasteiger partial charge in [-0.15, -0.1) is 0 Å². The van der Waals surface area contributed by atoms with E-state index in [-0.39, 0.29) is 0 Å². The topological polar surface area (TPSA) is 15.7 Å². The molecule has 3 nitrogen and oxygen atoms in total. The first kappa shape index (κ1) is 9.44. The van der Waals surface area contributed by atoms with Crippen LogP contribution >= 0.6 is 0 Å². The van der Waals surface area contributed by atoms with Crippen molar-refractivity contribution in [2.75, 3.05) is 46.9 Å². The molecule has 0 unspecified atom stereocenters. The van der Waals surface area contributed by atoms with Crippen LogP contribution in [-0.2, 0) is 4.74 Å². The first-order valence-electron chi connectivity index (χ1n) is 5.20. The van der Waals surface area contributed by atoms with E-state index >= 15 is 0 Å². The molecule has 0 aliphatic carbocycles. The highest BCUT2D eigenvalue weighted by Gasteiger charge is 2.39. The van der Waals surface area contributed by atoms with E-state index in [1.54, 1.807) is 0 Å². The number of hydrogen-bond acceptors (Lipinski definition) is 3. The van der Waals surface area contributed by atoms with Gasteiger partial charge in [0.25, 0.3) is 0 Å². The molecule has 2 saturated heterocycles. The molecule has 2 rings (SSSR count). The van der Waals surface area contributed by atoms with Crippen molar-refractivity contribution in [3.63, 3.8) is 0 Å². The lowest BCUT2D eigenvalue weighted by molar-refractivity contribution is -0.0805. The third kappa shape index (κ3) is 1.73. The average Bonchev–Trinajstić information content (AvgIpc) is 2.15. The smallest absolute Gasteiger partial charge is 0.0651 e. The minimum absolute atomic E-state index is 0.366. The van der Waals surface area contributed by atoms with E-state index in [0.29, 0.717) is 5.54 Å². The highest BCUT2D eigenvalue weighted by molar-refractivity contribution is 4.95. The van der Waals surface area contributed by atoms with Gasteiger partial charge < -0.3 is 9.64 Å². The number of nitrogens with zero attached hydrogens (tertiary/aromatic N) is 2. The summed E-state index contributed by atoms with van der Waals surface area (Å²) in [6.45, 7) is 5.39. The minimum atomic E-state index is 0.366. The van der Waals surface area contributed by atoms with Crippen molar-refractivity contribution >= 4 is 0 Å². The zero-order valence-electron chi connectivity index (χ0n) is 8.75. The maximum absolute atomic E-state index is 5.61. The highest BCUT2D eigenvalue weighted by Crippen LogP contribution is 2.29. The summed E-state index contributed by atoms with van der Waals surface area (Å²) in [6.07, 6.45) is 2.53. The summed E-state index contributed by atoms with van der Waals surface area (Å²) in [4.78, 5) is 4.91. The molecule has 0 N–H and O–H groups in total. The van der Waals surface area contributed by atoms with Gasteiger partial charge in [0.05, 0.1) is 13.2 Å². The molecule has 0 aromatic heterocycles. The minimum Gasteiger partial charge on any atom is -0.378 e. The van der Waals surface area contributed by atoms with E-state index in [1.807, 2.05) is 0 Å². The maximum atomic E-state index is 5.61. The number of rotatable bonds is 0. The molecule has 0 atom stereocenters. The monoisotopic (exact) mass is 184 g/mol. The first-order chi connectivity index (χ1) is 6.23. The fourth-order valence-corrected chi connectivity index (χ4v) is 2.37. The average molecular weight is 184 g/mol. The Morgan fingerprint density at radius 1 is 1.08 bits per heavy atom. The molecular weight excluding hydrogens is 164 g/mol. The largest absolute Gasteiger partial charge is 0.378 e. The quantitative estimate of drug-likeness (QED) is 0.542. The second-order valence-electron chi connectivity index (χ2n) is 4.50. The molecule has 3 heteroatoms. The summed E-state index contributed by atoms with van der Waals surface area (Å²) in [5, 5.41) is 0. The molecule has 2 aliphatic rings. The predicted molar refractivity (Wildman–Crippen MR) is 52.9 cm³/mol. The van der Waals surface area contributed by atoms with E-state index in [2.05, 4.69) is 23.9 Å². The molecule has 0 aromatic rings. The van der Waals surface area contributed by atoms with Crippen molar-refractivity contribution in [3.8, 4) is 0 Å². The zero-order chi connectivity index (χ0) is 9.31. The Kier molecular flexibility index (Phi) is 2.58. The molecule has 0 aromatic carbocycles. The summed E-state index contributed by atoms with van der Waals surface area (Å²) in [5.41, 5.74) is 0.366. The van der Waals surface area contributed by atoms with Crippen LogP contribution in [-0.4, -0.2) is 62.3 Å². The molecule has 0 amide bonds. The van der Waals surface area contributed by atoms with Crippen LogP contribution in [0.5, 0.6) is 0 Å². The second kappa shape index (κ2) is 3.56. The number of likely N-dealkylation sites (N-methyl/N-ethyl adjacent to an activating group) is 1. The Hall–Kier alpha value is -0.120. The Labute approximate surface area is 80.6 Å². The molecule has 13 heavy (non-hydrogen) atoms. The second-order valence-corrected chi connectivity index (χ2v) is 4.50. The fourth-order valence-electron chi connectivity index (χ4n) is 2.37. The van der Waals surface area contributed by atoms with Crippen LogP contribution in [0.1, 0.15) is 12.8 Å². The lowest BCUT2D eigenvalue weighted by Gasteiger charge is -2.49. The van der Waals surface area contributed by atoms with Crippen LogP contribution in [0.15, 0.2) is 0 Å². The van der Waals surface area contributed by atoms with Gasteiger partial charge in [0, 0.05) is 12.1 Å².